The van der Waals surface area contributed by atoms with Crippen molar-refractivity contribution in [3.05, 3.63) is 46.3 Å². The molecule has 0 unspecified atom stereocenters. The Morgan fingerprint density at radius 3 is 2.74 bits per heavy atom. The first-order chi connectivity index (χ1) is 10.9. The van der Waals surface area contributed by atoms with Crippen LogP contribution in [0, 0.1) is 12.8 Å². The van der Waals surface area contributed by atoms with Gasteiger partial charge in [-0.05, 0) is 42.5 Å². The largest absolute Gasteiger partial charge is 0.406 e. The van der Waals surface area contributed by atoms with Gasteiger partial charge in [-0.2, -0.15) is 13.2 Å². The van der Waals surface area contributed by atoms with Crippen LogP contribution < -0.4 is 4.90 Å². The van der Waals surface area contributed by atoms with E-state index in [0.717, 1.165) is 15.3 Å². The Kier molecular flexibility index (Phi) is 4.14. The van der Waals surface area contributed by atoms with E-state index in [1.807, 2.05) is 18.4 Å². The lowest BCUT2D eigenvalue weighted by Crippen LogP contribution is -2.40. The van der Waals surface area contributed by atoms with Crippen molar-refractivity contribution in [1.29, 1.82) is 0 Å². The van der Waals surface area contributed by atoms with E-state index in [0.29, 0.717) is 6.42 Å². The number of hydrogen-bond acceptors (Lipinski definition) is 3. The number of aryl methyl sites for hydroxylation is 1. The summed E-state index contributed by atoms with van der Waals surface area (Å²) in [5.41, 5.74) is 1.09. The van der Waals surface area contributed by atoms with Gasteiger partial charge in [0.2, 0.25) is 5.91 Å². The number of rotatable bonds is 4. The second-order valence-corrected chi connectivity index (χ2v) is 6.59. The molecule has 0 spiro atoms. The van der Waals surface area contributed by atoms with Gasteiger partial charge in [0.1, 0.15) is 12.4 Å². The summed E-state index contributed by atoms with van der Waals surface area (Å²) in [6.45, 7) is 0.646. The number of halogens is 3. The fourth-order valence-corrected chi connectivity index (χ4v) is 3.79. The van der Waals surface area contributed by atoms with Crippen molar-refractivity contribution in [2.45, 2.75) is 25.4 Å². The van der Waals surface area contributed by atoms with Crippen molar-refractivity contribution in [1.82, 2.24) is 4.98 Å². The van der Waals surface area contributed by atoms with Crippen LogP contribution >= 0.6 is 11.3 Å². The van der Waals surface area contributed by atoms with Gasteiger partial charge in [-0.25, -0.2) is 4.98 Å². The number of nitrogens with zero attached hydrogens (tertiary/aromatic N) is 2. The lowest BCUT2D eigenvalue weighted by atomic mass is 10.2. The second-order valence-electron chi connectivity index (χ2n) is 5.64. The minimum Gasteiger partial charge on any atom is -0.287 e. The van der Waals surface area contributed by atoms with E-state index < -0.39 is 24.5 Å². The molecule has 3 rings (SSSR count). The Hall–Kier alpha value is -1.89. The van der Waals surface area contributed by atoms with E-state index in [2.05, 4.69) is 4.98 Å². The highest BCUT2D eigenvalue weighted by Crippen LogP contribution is 2.51. The first-order valence-electron chi connectivity index (χ1n) is 7.20. The number of aromatic nitrogens is 1. The average molecular weight is 340 g/mol. The molecule has 0 saturated heterocycles. The van der Waals surface area contributed by atoms with Crippen LogP contribution in [0.4, 0.5) is 19.0 Å². The second kappa shape index (κ2) is 5.96. The number of alkyl halides is 3. The predicted octanol–water partition coefficient (Wildman–Crippen LogP) is 4.15. The van der Waals surface area contributed by atoms with Crippen LogP contribution in [-0.4, -0.2) is 23.6 Å². The number of thiophene rings is 1. The van der Waals surface area contributed by atoms with E-state index in [1.165, 1.54) is 12.3 Å². The van der Waals surface area contributed by atoms with E-state index >= 15 is 0 Å². The zero-order chi connectivity index (χ0) is 16.6. The summed E-state index contributed by atoms with van der Waals surface area (Å²) in [6, 6.07) is 6.57. The number of hydrogen-bond donors (Lipinski definition) is 0. The van der Waals surface area contributed by atoms with Crippen LogP contribution in [0.25, 0.3) is 0 Å². The molecule has 1 amide bonds. The molecule has 0 aromatic carbocycles. The summed E-state index contributed by atoms with van der Waals surface area (Å²) in [7, 11) is 0. The van der Waals surface area contributed by atoms with Gasteiger partial charge < -0.3 is 0 Å². The maximum Gasteiger partial charge on any atom is 0.406 e. The number of carbonyl (C=O) groups excluding carboxylic acids is 1. The molecule has 0 N–H and O–H groups in total. The molecule has 2 heterocycles. The highest BCUT2D eigenvalue weighted by atomic mass is 32.1. The van der Waals surface area contributed by atoms with Crippen molar-refractivity contribution < 1.29 is 18.0 Å². The molecule has 7 heteroatoms. The lowest BCUT2D eigenvalue weighted by Gasteiger charge is -2.23. The molecule has 2 atom stereocenters. The molecule has 122 valence electrons. The van der Waals surface area contributed by atoms with Gasteiger partial charge in [0.15, 0.2) is 0 Å². The van der Waals surface area contributed by atoms with Crippen LogP contribution in [0.3, 0.4) is 0 Å². The highest BCUT2D eigenvalue weighted by molar-refractivity contribution is 7.10. The first kappa shape index (κ1) is 16.0. The predicted molar refractivity (Wildman–Crippen MR) is 82.5 cm³/mol. The van der Waals surface area contributed by atoms with E-state index in [9.17, 15) is 18.0 Å². The van der Waals surface area contributed by atoms with Gasteiger partial charge >= 0.3 is 6.18 Å². The zero-order valence-corrected chi connectivity index (χ0v) is 13.2. The fourth-order valence-electron chi connectivity index (χ4n) is 2.69. The van der Waals surface area contributed by atoms with Crippen molar-refractivity contribution in [3.63, 3.8) is 0 Å². The molecule has 0 aliphatic heterocycles. The molecular weight excluding hydrogens is 325 g/mol. The standard InChI is InChI=1S/C16H15F3N2OS/c1-10-5-7-23-14(10)11-8-12(11)15(22)21(9-16(17,18)19)13-4-2-3-6-20-13/h2-7,11-12H,8-9H2,1H3/t11-,12-/m0/s1. The molecule has 0 radical (unpaired) electrons. The average Bonchev–Trinajstić information content (AvgIpc) is 3.18. The summed E-state index contributed by atoms with van der Waals surface area (Å²) >= 11 is 1.55. The van der Waals surface area contributed by atoms with Crippen molar-refractivity contribution >= 4 is 23.1 Å². The molecular formula is C16H15F3N2OS. The zero-order valence-electron chi connectivity index (χ0n) is 12.4. The minimum absolute atomic E-state index is 0.0296. The molecule has 2 aromatic rings. The van der Waals surface area contributed by atoms with E-state index in [1.54, 1.807) is 23.5 Å². The number of amides is 1. The number of carbonyl (C=O) groups is 1. The van der Waals surface area contributed by atoms with E-state index in [-0.39, 0.29) is 11.7 Å². The van der Waals surface area contributed by atoms with Crippen LogP contribution in [0.2, 0.25) is 0 Å². The summed E-state index contributed by atoms with van der Waals surface area (Å²) in [4.78, 5) is 18.4. The van der Waals surface area contributed by atoms with Crippen LogP contribution in [0.15, 0.2) is 35.8 Å². The number of pyridine rings is 1. The SMILES string of the molecule is Cc1ccsc1[C@H]1C[C@@H]1C(=O)N(CC(F)(F)F)c1ccccn1. The molecule has 2 aromatic heterocycles. The first-order valence-corrected chi connectivity index (χ1v) is 8.08. The normalized spacial score (nSPS) is 20.3. The summed E-state index contributed by atoms with van der Waals surface area (Å²) in [5, 5.41) is 1.94. The molecule has 3 nitrogen and oxygen atoms in total. The van der Waals surface area contributed by atoms with Gasteiger partial charge in [-0.15, -0.1) is 11.3 Å². The molecule has 1 fully saturated rings. The van der Waals surface area contributed by atoms with Crippen LogP contribution in [0.1, 0.15) is 22.8 Å². The smallest absolute Gasteiger partial charge is 0.287 e. The Bertz CT molecular complexity index is 699. The fraction of sp³-hybridized carbons (Fsp3) is 0.375. The van der Waals surface area contributed by atoms with Gasteiger partial charge in [0, 0.05) is 22.9 Å². The number of anilines is 1. The lowest BCUT2D eigenvalue weighted by molar-refractivity contribution is -0.133. The maximum absolute atomic E-state index is 12.9. The Morgan fingerprint density at radius 1 is 1.39 bits per heavy atom. The third-order valence-corrected chi connectivity index (χ3v) is 5.03. The molecule has 1 aliphatic rings. The third kappa shape index (κ3) is 3.55. The third-order valence-electron chi connectivity index (χ3n) is 3.88. The molecule has 1 aliphatic carbocycles. The van der Waals surface area contributed by atoms with Gasteiger partial charge in [0.05, 0.1) is 0 Å². The van der Waals surface area contributed by atoms with E-state index in [4.69, 9.17) is 0 Å². The van der Waals surface area contributed by atoms with Crippen LogP contribution in [-0.2, 0) is 4.79 Å². The molecule has 23 heavy (non-hydrogen) atoms. The van der Waals surface area contributed by atoms with Gasteiger partial charge in [-0.3, -0.25) is 9.69 Å². The van der Waals surface area contributed by atoms with Crippen LogP contribution in [0.5, 0.6) is 0 Å². The summed E-state index contributed by atoms with van der Waals surface area (Å²) < 4.78 is 38.6. The highest BCUT2D eigenvalue weighted by Gasteiger charge is 2.49. The summed E-state index contributed by atoms with van der Waals surface area (Å²) in [5.74, 6) is -0.819. The Labute approximate surface area is 135 Å². The Balaban J connectivity index is 1.81. The van der Waals surface area contributed by atoms with Gasteiger partial charge in [-0.1, -0.05) is 6.07 Å². The molecule has 1 saturated carbocycles. The topological polar surface area (TPSA) is 33.2 Å². The minimum atomic E-state index is -4.46. The molecule has 0 bridgehead atoms. The maximum atomic E-state index is 12.9. The monoisotopic (exact) mass is 340 g/mol. The van der Waals surface area contributed by atoms with Gasteiger partial charge in [0.25, 0.3) is 0 Å². The summed E-state index contributed by atoms with van der Waals surface area (Å²) in [6.07, 6.45) is -2.47. The van der Waals surface area contributed by atoms with Crippen molar-refractivity contribution in [2.75, 3.05) is 11.4 Å². The Morgan fingerprint density at radius 2 is 2.17 bits per heavy atom. The van der Waals surface area contributed by atoms with Crippen molar-refractivity contribution in [3.8, 4) is 0 Å². The quantitative estimate of drug-likeness (QED) is 0.838. The van der Waals surface area contributed by atoms with Crippen molar-refractivity contribution in [2.24, 2.45) is 5.92 Å².